The number of aryl methyl sites for hydroxylation is 1. The van der Waals surface area contributed by atoms with Crippen molar-refractivity contribution in [1.82, 2.24) is 19.4 Å². The number of hydrogen-bond donors (Lipinski definition) is 2. The van der Waals surface area contributed by atoms with E-state index in [1.54, 1.807) is 6.07 Å². The number of rotatable bonds is 2. The van der Waals surface area contributed by atoms with Gasteiger partial charge in [0.25, 0.3) is 11.5 Å². The topological polar surface area (TPSA) is 98.0 Å². The monoisotopic (exact) mass is 383 g/mol. The van der Waals surface area contributed by atoms with Gasteiger partial charge in [0.05, 0.1) is 16.6 Å². The minimum absolute atomic E-state index is 0.0825. The molecule has 0 radical (unpaired) electrons. The van der Waals surface area contributed by atoms with Gasteiger partial charge in [-0.05, 0) is 36.2 Å². The molecule has 1 aromatic carbocycles. The second-order valence-corrected chi connectivity index (χ2v) is 6.75. The van der Waals surface area contributed by atoms with Crippen LogP contribution in [0.5, 0.6) is 0 Å². The molecule has 0 saturated heterocycles. The van der Waals surface area contributed by atoms with Gasteiger partial charge >= 0.3 is 5.69 Å². The van der Waals surface area contributed by atoms with Gasteiger partial charge in [-0.1, -0.05) is 6.07 Å². The maximum absolute atomic E-state index is 14.7. The molecule has 144 valence electrons. The van der Waals surface area contributed by atoms with E-state index in [9.17, 15) is 18.8 Å². The van der Waals surface area contributed by atoms with Gasteiger partial charge in [0.15, 0.2) is 0 Å². The molecular formula is C19H18FN5O3. The van der Waals surface area contributed by atoms with E-state index in [-0.39, 0.29) is 22.3 Å². The van der Waals surface area contributed by atoms with Crippen molar-refractivity contribution in [3.8, 4) is 0 Å². The van der Waals surface area contributed by atoms with Gasteiger partial charge in [-0.2, -0.15) is 0 Å². The molecule has 4 rings (SSSR count). The van der Waals surface area contributed by atoms with E-state index in [0.717, 1.165) is 10.1 Å². The zero-order chi connectivity index (χ0) is 20.0. The molecule has 0 saturated carbocycles. The molecule has 0 unspecified atom stereocenters. The minimum atomic E-state index is -0.585. The van der Waals surface area contributed by atoms with Gasteiger partial charge < -0.3 is 10.6 Å². The lowest BCUT2D eigenvalue weighted by Gasteiger charge is -2.19. The molecule has 9 heteroatoms. The van der Waals surface area contributed by atoms with Crippen molar-refractivity contribution in [1.29, 1.82) is 0 Å². The fourth-order valence-electron chi connectivity index (χ4n) is 3.41. The third-order valence-electron chi connectivity index (χ3n) is 5.01. The SMILES string of the molecule is Cn1c(=O)c2cc(C(=O)Nc3ccc4c(c3F)CCNC4)cnc2n(C)c1=O. The summed E-state index contributed by atoms with van der Waals surface area (Å²) >= 11 is 0. The number of aromatic nitrogens is 3. The van der Waals surface area contributed by atoms with Crippen LogP contribution >= 0.6 is 0 Å². The summed E-state index contributed by atoms with van der Waals surface area (Å²) in [5.41, 5.74) is 0.773. The molecule has 0 atom stereocenters. The molecule has 0 fully saturated rings. The average molecular weight is 383 g/mol. The number of halogens is 1. The summed E-state index contributed by atoms with van der Waals surface area (Å²) in [7, 11) is 2.85. The molecule has 28 heavy (non-hydrogen) atoms. The van der Waals surface area contributed by atoms with Crippen LogP contribution in [0.3, 0.4) is 0 Å². The fourth-order valence-corrected chi connectivity index (χ4v) is 3.41. The van der Waals surface area contributed by atoms with Crippen LogP contribution in [0, 0.1) is 5.82 Å². The van der Waals surface area contributed by atoms with E-state index < -0.39 is 23.0 Å². The Kier molecular flexibility index (Phi) is 4.31. The van der Waals surface area contributed by atoms with E-state index in [1.165, 1.54) is 37.0 Å². The van der Waals surface area contributed by atoms with Crippen molar-refractivity contribution in [2.24, 2.45) is 14.1 Å². The first-order chi connectivity index (χ1) is 13.4. The van der Waals surface area contributed by atoms with Crippen molar-refractivity contribution in [3.05, 3.63) is 67.7 Å². The Bertz CT molecular complexity index is 1250. The van der Waals surface area contributed by atoms with Gasteiger partial charge in [-0.25, -0.2) is 14.2 Å². The van der Waals surface area contributed by atoms with E-state index in [4.69, 9.17) is 0 Å². The maximum atomic E-state index is 14.7. The lowest BCUT2D eigenvalue weighted by molar-refractivity contribution is 0.102. The van der Waals surface area contributed by atoms with Gasteiger partial charge in [-0.15, -0.1) is 0 Å². The van der Waals surface area contributed by atoms with E-state index in [0.29, 0.717) is 25.1 Å². The highest BCUT2D eigenvalue weighted by Gasteiger charge is 2.19. The normalized spacial score (nSPS) is 13.4. The van der Waals surface area contributed by atoms with Crippen LogP contribution in [0.2, 0.25) is 0 Å². The second-order valence-electron chi connectivity index (χ2n) is 6.75. The zero-order valence-electron chi connectivity index (χ0n) is 15.4. The third-order valence-corrected chi connectivity index (χ3v) is 5.01. The van der Waals surface area contributed by atoms with E-state index in [1.807, 2.05) is 0 Å². The van der Waals surface area contributed by atoms with Crippen molar-refractivity contribution >= 4 is 22.6 Å². The highest BCUT2D eigenvalue weighted by Crippen LogP contribution is 2.25. The standard InChI is InChI=1S/C19H18FN5O3/c1-24-16-13(18(27)25(2)19(24)28)7-11(9-22-16)17(26)23-14-4-3-10-8-21-6-5-12(10)15(14)20/h3-4,7,9,21H,5-6,8H2,1-2H3,(H,23,26). The van der Waals surface area contributed by atoms with Gasteiger partial charge in [0, 0.05) is 26.8 Å². The van der Waals surface area contributed by atoms with Crippen molar-refractivity contribution in [2.45, 2.75) is 13.0 Å². The summed E-state index contributed by atoms with van der Waals surface area (Å²) in [6.45, 7) is 1.27. The number of amides is 1. The summed E-state index contributed by atoms with van der Waals surface area (Å²) in [6.07, 6.45) is 1.81. The fraction of sp³-hybridized carbons (Fsp3) is 0.263. The highest BCUT2D eigenvalue weighted by atomic mass is 19.1. The third kappa shape index (κ3) is 2.80. The average Bonchev–Trinajstić information content (AvgIpc) is 2.72. The molecule has 2 aromatic heterocycles. The van der Waals surface area contributed by atoms with Crippen LogP contribution in [0.25, 0.3) is 11.0 Å². The summed E-state index contributed by atoms with van der Waals surface area (Å²) in [5.74, 6) is -1.03. The van der Waals surface area contributed by atoms with Crippen LogP contribution in [-0.4, -0.2) is 26.6 Å². The van der Waals surface area contributed by atoms with E-state index in [2.05, 4.69) is 15.6 Å². The van der Waals surface area contributed by atoms with Crippen molar-refractivity contribution < 1.29 is 9.18 Å². The summed E-state index contributed by atoms with van der Waals surface area (Å²) < 4.78 is 16.9. The van der Waals surface area contributed by atoms with Crippen molar-refractivity contribution in [3.63, 3.8) is 0 Å². The molecular weight excluding hydrogens is 365 g/mol. The number of carbonyl (C=O) groups is 1. The predicted molar refractivity (Wildman–Crippen MR) is 102 cm³/mol. The lowest BCUT2D eigenvalue weighted by atomic mass is 9.99. The molecule has 0 spiro atoms. The second kappa shape index (κ2) is 6.68. The van der Waals surface area contributed by atoms with Gasteiger partial charge in [0.2, 0.25) is 0 Å². The molecule has 0 aliphatic carbocycles. The summed E-state index contributed by atoms with van der Waals surface area (Å²) in [6, 6.07) is 4.67. The molecule has 2 N–H and O–H groups in total. The smallest absolute Gasteiger partial charge is 0.319 e. The molecule has 1 aliphatic rings. The molecule has 3 aromatic rings. The minimum Gasteiger partial charge on any atom is -0.319 e. The van der Waals surface area contributed by atoms with Crippen LogP contribution in [-0.2, 0) is 27.1 Å². The maximum Gasteiger partial charge on any atom is 0.332 e. The number of carbonyl (C=O) groups excluding carboxylic acids is 1. The number of hydrogen-bond acceptors (Lipinski definition) is 5. The number of nitrogens with one attached hydrogen (secondary N) is 2. The quantitative estimate of drug-likeness (QED) is 0.678. The van der Waals surface area contributed by atoms with Gasteiger partial charge in [0.1, 0.15) is 11.5 Å². The Balaban J connectivity index is 1.72. The first kappa shape index (κ1) is 18.1. The van der Waals surface area contributed by atoms with Crippen LogP contribution in [0.15, 0.2) is 34.0 Å². The predicted octanol–water partition coefficient (Wildman–Crippen LogP) is 0.669. The Hall–Kier alpha value is -3.33. The molecule has 0 bridgehead atoms. The summed E-state index contributed by atoms with van der Waals surface area (Å²) in [4.78, 5) is 41.0. The Labute approximate surface area is 158 Å². The van der Waals surface area contributed by atoms with Gasteiger partial charge in [-0.3, -0.25) is 18.7 Å². The van der Waals surface area contributed by atoms with Crippen LogP contribution < -0.4 is 21.9 Å². The number of anilines is 1. The number of nitrogens with zero attached hydrogens (tertiary/aromatic N) is 3. The first-order valence-electron chi connectivity index (χ1n) is 8.76. The molecule has 3 heterocycles. The number of pyridine rings is 1. The largest absolute Gasteiger partial charge is 0.332 e. The number of benzene rings is 1. The van der Waals surface area contributed by atoms with Crippen LogP contribution in [0.4, 0.5) is 10.1 Å². The Morgan fingerprint density at radius 3 is 2.82 bits per heavy atom. The van der Waals surface area contributed by atoms with E-state index >= 15 is 0 Å². The highest BCUT2D eigenvalue weighted by molar-refractivity contribution is 6.05. The Morgan fingerprint density at radius 2 is 2.04 bits per heavy atom. The molecule has 1 amide bonds. The summed E-state index contributed by atoms with van der Waals surface area (Å²) in [5, 5.41) is 5.85. The number of fused-ring (bicyclic) bond motifs is 2. The lowest BCUT2D eigenvalue weighted by Crippen LogP contribution is -2.37. The zero-order valence-corrected chi connectivity index (χ0v) is 15.4. The molecule has 8 nitrogen and oxygen atoms in total. The Morgan fingerprint density at radius 1 is 1.25 bits per heavy atom. The van der Waals surface area contributed by atoms with Crippen LogP contribution in [0.1, 0.15) is 21.5 Å². The van der Waals surface area contributed by atoms with Crippen molar-refractivity contribution in [2.75, 3.05) is 11.9 Å². The first-order valence-corrected chi connectivity index (χ1v) is 8.76. The molecule has 1 aliphatic heterocycles.